The van der Waals surface area contributed by atoms with E-state index in [0.717, 1.165) is 50.1 Å². The van der Waals surface area contributed by atoms with Crippen LogP contribution in [0.25, 0.3) is 33.3 Å². The number of nitrogens with one attached hydrogen (secondary N) is 2. The van der Waals surface area contributed by atoms with Crippen molar-refractivity contribution in [2.45, 2.75) is 122 Å². The van der Waals surface area contributed by atoms with Crippen LogP contribution in [0.2, 0.25) is 0 Å². The number of rotatable bonds is 9. The predicted octanol–water partition coefficient (Wildman–Crippen LogP) is 5.94. The summed E-state index contributed by atoms with van der Waals surface area (Å²) < 4.78 is 27.1. The fourth-order valence-electron chi connectivity index (χ4n) is 10.9. The molecule has 0 aliphatic carbocycles. The van der Waals surface area contributed by atoms with Gasteiger partial charge in [0.15, 0.2) is 0 Å². The lowest BCUT2D eigenvalue weighted by atomic mass is 9.84. The second kappa shape index (κ2) is 18.6. The number of aromatic nitrogens is 2. The van der Waals surface area contributed by atoms with Crippen LogP contribution in [-0.2, 0) is 57.5 Å². The molecule has 2 aromatic heterocycles. The van der Waals surface area contributed by atoms with E-state index in [-0.39, 0.29) is 61.8 Å². The third-order valence-corrected chi connectivity index (χ3v) is 14.5. The number of hydrogen-bond donors (Lipinski definition) is 2. The van der Waals surface area contributed by atoms with E-state index in [1.54, 1.807) is 18.2 Å². The summed E-state index contributed by atoms with van der Waals surface area (Å²) in [5, 5.41) is 5.76. The van der Waals surface area contributed by atoms with Gasteiger partial charge in [0.2, 0.25) is 11.8 Å². The molecule has 4 saturated heterocycles. The van der Waals surface area contributed by atoms with Crippen molar-refractivity contribution < 1.29 is 38.1 Å². The normalized spacial score (nSPS) is 26.2. The molecule has 356 valence electrons. The van der Waals surface area contributed by atoms with E-state index in [1.807, 2.05) is 43.9 Å². The number of cyclic esters (lactones) is 1. The monoisotopic (exact) mass is 915 g/mol. The number of benzene rings is 2. The first kappa shape index (κ1) is 46.7. The molecule has 0 radical (unpaired) electrons. The molecule has 5 aliphatic rings. The fraction of sp³-hybridized carbons (Fsp3) is 0.519. The number of carbonyl (C=O) groups excluding carboxylic acids is 4. The summed E-state index contributed by atoms with van der Waals surface area (Å²) in [4.78, 5) is 64.4. The Morgan fingerprint density at radius 3 is 2.64 bits per heavy atom. The highest BCUT2D eigenvalue weighted by atomic mass is 16.7. The van der Waals surface area contributed by atoms with Gasteiger partial charge in [0.25, 0.3) is 5.91 Å². The van der Waals surface area contributed by atoms with Gasteiger partial charge in [0.1, 0.15) is 36.7 Å². The molecule has 7 heterocycles. The molecular weight excluding hydrogens is 851 g/mol. The third kappa shape index (κ3) is 8.92. The number of pyridine rings is 1. The summed E-state index contributed by atoms with van der Waals surface area (Å²) in [5.74, 6) is -1.41. The van der Waals surface area contributed by atoms with E-state index in [0.29, 0.717) is 51.9 Å². The van der Waals surface area contributed by atoms with Crippen LogP contribution < -0.4 is 10.7 Å². The number of aryl methyl sites for hydroxylation is 1. The van der Waals surface area contributed by atoms with Crippen LogP contribution in [0.1, 0.15) is 83.7 Å². The minimum absolute atomic E-state index is 0.132. The maximum Gasteiger partial charge on any atom is 0.324 e. The summed E-state index contributed by atoms with van der Waals surface area (Å²) in [6.07, 6.45) is 4.71. The molecule has 0 saturated carbocycles. The number of epoxide rings is 1. The van der Waals surface area contributed by atoms with E-state index in [1.165, 1.54) is 11.1 Å². The summed E-state index contributed by atoms with van der Waals surface area (Å²) in [7, 11) is 1.70. The van der Waals surface area contributed by atoms with Gasteiger partial charge in [-0.1, -0.05) is 64.6 Å². The largest absolute Gasteiger partial charge is 0.464 e. The zero-order valence-corrected chi connectivity index (χ0v) is 39.9. The minimum atomic E-state index is -0.983. The van der Waals surface area contributed by atoms with E-state index >= 15 is 0 Å². The zero-order chi connectivity index (χ0) is 47.4. The first-order chi connectivity index (χ1) is 32.2. The topological polar surface area (TPSA) is 160 Å². The van der Waals surface area contributed by atoms with Gasteiger partial charge in [-0.05, 0) is 98.0 Å². The van der Waals surface area contributed by atoms with Crippen molar-refractivity contribution >= 4 is 34.6 Å². The lowest BCUT2D eigenvalue weighted by Crippen LogP contribution is -2.63. The Balaban J connectivity index is 1.07. The van der Waals surface area contributed by atoms with Gasteiger partial charge in [-0.15, -0.1) is 0 Å². The number of nitrogens with zero attached hydrogens (tertiary/aromatic N) is 5. The fourth-order valence-corrected chi connectivity index (χ4v) is 10.9. The van der Waals surface area contributed by atoms with E-state index in [4.69, 9.17) is 23.9 Å². The van der Waals surface area contributed by atoms with Crippen LogP contribution in [0, 0.1) is 11.3 Å². The molecule has 5 aliphatic heterocycles. The summed E-state index contributed by atoms with van der Waals surface area (Å²) >= 11 is 0. The molecule has 15 nitrogen and oxygen atoms in total. The Kier molecular flexibility index (Phi) is 12.9. The Labute approximate surface area is 393 Å². The molecule has 4 aromatic rings. The number of carbonyl (C=O) groups is 4. The smallest absolute Gasteiger partial charge is 0.324 e. The van der Waals surface area contributed by atoms with Crippen molar-refractivity contribution in [3.05, 3.63) is 90.3 Å². The van der Waals surface area contributed by atoms with Gasteiger partial charge in [-0.25, -0.2) is 10.3 Å². The Hall–Kier alpha value is -5.45. The standard InChI is InChI=1S/C52H65N7O8/c1-9-42(60)56-23-20-52(28-56)46-49(67-46)58(30-66-52)44(31(3)4)47(61)54-40-25-33-14-11-15-34(24-33)35-18-19-41-37(26-35)38(45(57(41)10-2)36-16-12-21-53-43(36)32(5)64-8)27-51(6,7)29-65-50(63)39-17-13-22-59(55-39)48(40)62/h9,11-12,14-16,18-19,21,24,26,31-32,39-40,44,46,49,55H,1,10,13,17,20,22-23,25,27-30H2,2-8H3,(H,54,61)/t32-,39-,40-,44-,46?,49?,52-/m0/s1. The Morgan fingerprint density at radius 2 is 1.88 bits per heavy atom. The number of fused-ring (bicyclic) bond motifs is 8. The van der Waals surface area contributed by atoms with Gasteiger partial charge in [0, 0.05) is 61.2 Å². The van der Waals surface area contributed by atoms with Crippen LogP contribution >= 0.6 is 0 Å². The SMILES string of the molecule is C=CC(=O)N1CC[C@@]2(C1)OCN([C@H](C(=O)N[C@H]1Cc3cccc(c3)-c3ccc4c(c3)c(c(-c3cccnc3[C@H](C)OC)n4CC)CC(C)(C)COC(=O)[C@@H]3CCCN(N3)C1=O)C(C)C)C1OC12. The van der Waals surface area contributed by atoms with Gasteiger partial charge in [-0.3, -0.25) is 29.2 Å². The molecule has 2 aromatic carbocycles. The highest BCUT2D eigenvalue weighted by Gasteiger charge is 2.65. The highest BCUT2D eigenvalue weighted by molar-refractivity contribution is 5.96. The third-order valence-electron chi connectivity index (χ3n) is 14.5. The van der Waals surface area contributed by atoms with Crippen molar-refractivity contribution in [3.8, 4) is 22.4 Å². The number of hydrogen-bond acceptors (Lipinski definition) is 11. The molecule has 1 spiro atoms. The molecule has 7 atom stereocenters. The van der Waals surface area contributed by atoms with Crippen LogP contribution in [0.3, 0.4) is 0 Å². The van der Waals surface area contributed by atoms with Crippen LogP contribution in [0.15, 0.2) is 73.4 Å². The van der Waals surface area contributed by atoms with Crippen LogP contribution in [0.5, 0.6) is 0 Å². The van der Waals surface area contributed by atoms with Crippen molar-refractivity contribution in [1.82, 2.24) is 35.1 Å². The van der Waals surface area contributed by atoms with Crippen molar-refractivity contribution in [2.75, 3.05) is 40.1 Å². The second-order valence-electron chi connectivity index (χ2n) is 20.0. The number of hydrazine groups is 1. The lowest BCUT2D eigenvalue weighted by Gasteiger charge is -2.40. The molecule has 3 amide bonds. The molecule has 4 fully saturated rings. The van der Waals surface area contributed by atoms with E-state index in [9.17, 15) is 19.2 Å². The molecular formula is C52H65N7O8. The maximum absolute atomic E-state index is 14.8. The average molecular weight is 916 g/mol. The first-order valence-electron chi connectivity index (χ1n) is 23.9. The molecule has 6 bridgehead atoms. The van der Waals surface area contributed by atoms with Crippen molar-refractivity contribution in [2.24, 2.45) is 11.3 Å². The van der Waals surface area contributed by atoms with Crippen molar-refractivity contribution in [3.63, 3.8) is 0 Å². The van der Waals surface area contributed by atoms with Gasteiger partial charge >= 0.3 is 5.97 Å². The molecule has 9 rings (SSSR count). The van der Waals surface area contributed by atoms with E-state index < -0.39 is 35.1 Å². The molecule has 15 heteroatoms. The maximum atomic E-state index is 14.8. The molecule has 67 heavy (non-hydrogen) atoms. The number of amides is 3. The predicted molar refractivity (Wildman–Crippen MR) is 253 cm³/mol. The Morgan fingerprint density at radius 1 is 1.07 bits per heavy atom. The van der Waals surface area contributed by atoms with Crippen LogP contribution in [0.4, 0.5) is 0 Å². The van der Waals surface area contributed by atoms with Crippen LogP contribution in [-0.4, -0.2) is 124 Å². The number of likely N-dealkylation sites (tertiary alicyclic amines) is 1. The minimum Gasteiger partial charge on any atom is -0.464 e. The van der Waals surface area contributed by atoms with Crippen molar-refractivity contribution in [1.29, 1.82) is 0 Å². The highest BCUT2D eigenvalue weighted by Crippen LogP contribution is 2.48. The second-order valence-corrected chi connectivity index (χ2v) is 20.0. The molecule has 2 unspecified atom stereocenters. The summed E-state index contributed by atoms with van der Waals surface area (Å²) in [5.41, 5.74) is 10.0. The van der Waals surface area contributed by atoms with Gasteiger partial charge < -0.3 is 33.7 Å². The number of esters is 1. The Bertz CT molecular complexity index is 2570. The summed E-state index contributed by atoms with van der Waals surface area (Å²) in [6, 6.07) is 16.4. The van der Waals surface area contributed by atoms with Gasteiger partial charge in [-0.2, -0.15) is 0 Å². The van der Waals surface area contributed by atoms with Gasteiger partial charge in [0.05, 0.1) is 36.7 Å². The average Bonchev–Trinajstić information content (AvgIpc) is 3.96. The molecule has 2 N–H and O–H groups in total. The number of ether oxygens (including phenoxy) is 4. The first-order valence-corrected chi connectivity index (χ1v) is 23.9. The summed E-state index contributed by atoms with van der Waals surface area (Å²) in [6.45, 7) is 18.3. The lowest BCUT2D eigenvalue weighted by molar-refractivity contribution is -0.158. The zero-order valence-electron chi connectivity index (χ0n) is 39.9. The quantitative estimate of drug-likeness (QED) is 0.116. The number of methoxy groups -OCH3 is 1. The van der Waals surface area contributed by atoms with E-state index in [2.05, 4.69) is 79.1 Å².